The van der Waals surface area contributed by atoms with Crippen LogP contribution in [0.4, 0.5) is 0 Å². The van der Waals surface area contributed by atoms with Crippen molar-refractivity contribution in [3.05, 3.63) is 0 Å². The van der Waals surface area contributed by atoms with Gasteiger partial charge in [-0.1, -0.05) is 20.3 Å². The molecule has 1 N–H and O–H groups in total. The molecule has 1 heterocycles. The summed E-state index contributed by atoms with van der Waals surface area (Å²) >= 11 is 0. The number of nitrogens with one attached hydrogen (secondary N) is 1. The molecule has 3 unspecified atom stereocenters. The van der Waals surface area contributed by atoms with Crippen LogP contribution in [0.2, 0.25) is 0 Å². The Labute approximate surface area is 101 Å². The summed E-state index contributed by atoms with van der Waals surface area (Å²) in [7, 11) is 0. The minimum Gasteiger partial charge on any atom is -0.308 e. The molecule has 0 aromatic rings. The Morgan fingerprint density at radius 1 is 1.44 bits per heavy atom. The largest absolute Gasteiger partial charge is 0.308 e. The molecule has 0 aromatic heterocycles. The zero-order chi connectivity index (χ0) is 11.8. The molecule has 1 saturated carbocycles. The molecule has 94 valence electrons. The van der Waals surface area contributed by atoms with Gasteiger partial charge in [0.2, 0.25) is 0 Å². The lowest BCUT2D eigenvalue weighted by Crippen LogP contribution is -2.63. The van der Waals surface area contributed by atoms with Crippen LogP contribution >= 0.6 is 0 Å². The monoisotopic (exact) mass is 224 g/mol. The van der Waals surface area contributed by atoms with Gasteiger partial charge in [0.25, 0.3) is 0 Å². The van der Waals surface area contributed by atoms with Gasteiger partial charge >= 0.3 is 0 Å². The van der Waals surface area contributed by atoms with E-state index in [4.69, 9.17) is 0 Å². The number of nitrogens with zero attached hydrogens (tertiary/aromatic N) is 1. The van der Waals surface area contributed by atoms with Crippen molar-refractivity contribution in [2.45, 2.75) is 58.5 Å². The van der Waals surface area contributed by atoms with Crippen molar-refractivity contribution < 1.29 is 0 Å². The third kappa shape index (κ3) is 2.60. The van der Waals surface area contributed by atoms with Crippen LogP contribution in [0.15, 0.2) is 0 Å². The minimum atomic E-state index is 0.403. The molecule has 16 heavy (non-hydrogen) atoms. The highest BCUT2D eigenvalue weighted by Crippen LogP contribution is 2.41. The zero-order valence-corrected chi connectivity index (χ0v) is 11.4. The normalized spacial score (nSPS) is 38.6. The maximum absolute atomic E-state index is 3.79. The van der Waals surface area contributed by atoms with Gasteiger partial charge in [0.15, 0.2) is 0 Å². The third-order valence-electron chi connectivity index (χ3n) is 4.68. The second-order valence-corrected chi connectivity index (χ2v) is 6.36. The molecule has 2 nitrogen and oxygen atoms in total. The van der Waals surface area contributed by atoms with E-state index in [1.54, 1.807) is 0 Å². The van der Waals surface area contributed by atoms with Crippen molar-refractivity contribution in [3.8, 4) is 0 Å². The molecule has 2 heteroatoms. The molecule has 2 aliphatic rings. The molecule has 0 radical (unpaired) electrons. The average Bonchev–Trinajstić information content (AvgIpc) is 3.07. The van der Waals surface area contributed by atoms with Crippen LogP contribution in [0, 0.1) is 11.8 Å². The Bertz CT molecular complexity index is 237. The lowest BCUT2D eigenvalue weighted by molar-refractivity contribution is 0.0708. The number of piperazine rings is 1. The second kappa shape index (κ2) is 4.66. The van der Waals surface area contributed by atoms with Gasteiger partial charge in [0, 0.05) is 31.2 Å². The lowest BCUT2D eigenvalue weighted by Gasteiger charge is -2.46. The second-order valence-electron chi connectivity index (χ2n) is 6.36. The Morgan fingerprint density at radius 2 is 2.12 bits per heavy atom. The van der Waals surface area contributed by atoms with Crippen molar-refractivity contribution in [1.29, 1.82) is 0 Å². The molecule has 2 fully saturated rings. The lowest BCUT2D eigenvalue weighted by atomic mass is 9.90. The van der Waals surface area contributed by atoms with E-state index in [2.05, 4.69) is 37.9 Å². The zero-order valence-electron chi connectivity index (χ0n) is 11.4. The average molecular weight is 224 g/mol. The van der Waals surface area contributed by atoms with Crippen LogP contribution in [0.3, 0.4) is 0 Å². The third-order valence-corrected chi connectivity index (χ3v) is 4.68. The van der Waals surface area contributed by atoms with E-state index in [1.807, 2.05) is 0 Å². The highest BCUT2D eigenvalue weighted by Gasteiger charge is 2.45. The molecule has 3 atom stereocenters. The first-order chi connectivity index (χ1) is 7.55. The molecule has 0 amide bonds. The highest BCUT2D eigenvalue weighted by molar-refractivity contribution is 5.03. The standard InChI is InChI=1S/C14H28N2/c1-5-11(2)9-16-10-14(4,13-6-7-13)15-8-12(16)3/h11-13,15H,5-10H2,1-4H3. The maximum Gasteiger partial charge on any atom is 0.0309 e. The summed E-state index contributed by atoms with van der Waals surface area (Å²) in [5.41, 5.74) is 0.403. The summed E-state index contributed by atoms with van der Waals surface area (Å²) in [6.45, 7) is 13.2. The maximum atomic E-state index is 3.79. The van der Waals surface area contributed by atoms with Crippen LogP contribution < -0.4 is 5.32 Å². The molecular formula is C14H28N2. The van der Waals surface area contributed by atoms with Gasteiger partial charge in [-0.25, -0.2) is 0 Å². The smallest absolute Gasteiger partial charge is 0.0309 e. The summed E-state index contributed by atoms with van der Waals surface area (Å²) < 4.78 is 0. The van der Waals surface area contributed by atoms with E-state index in [0.717, 1.165) is 11.8 Å². The van der Waals surface area contributed by atoms with E-state index < -0.39 is 0 Å². The first-order valence-electron chi connectivity index (χ1n) is 7.04. The fourth-order valence-electron chi connectivity index (χ4n) is 2.91. The highest BCUT2D eigenvalue weighted by atomic mass is 15.3. The summed E-state index contributed by atoms with van der Waals surface area (Å²) in [5.74, 6) is 1.78. The summed E-state index contributed by atoms with van der Waals surface area (Å²) in [6.07, 6.45) is 4.18. The van der Waals surface area contributed by atoms with Gasteiger partial charge in [-0.2, -0.15) is 0 Å². The Kier molecular flexibility index (Phi) is 3.60. The molecule has 0 bridgehead atoms. The quantitative estimate of drug-likeness (QED) is 0.789. The van der Waals surface area contributed by atoms with E-state index in [1.165, 1.54) is 38.9 Å². The first kappa shape index (κ1) is 12.4. The van der Waals surface area contributed by atoms with E-state index >= 15 is 0 Å². The van der Waals surface area contributed by atoms with E-state index in [9.17, 15) is 0 Å². The molecule has 0 spiro atoms. The summed E-state index contributed by atoms with van der Waals surface area (Å²) in [5, 5.41) is 3.79. The predicted octanol–water partition coefficient (Wildman–Crippen LogP) is 2.49. The molecule has 1 saturated heterocycles. The topological polar surface area (TPSA) is 15.3 Å². The van der Waals surface area contributed by atoms with Crippen LogP contribution in [0.1, 0.15) is 47.0 Å². The number of rotatable bonds is 4. The van der Waals surface area contributed by atoms with Gasteiger partial charge in [0.05, 0.1) is 0 Å². The predicted molar refractivity (Wildman–Crippen MR) is 69.6 cm³/mol. The summed E-state index contributed by atoms with van der Waals surface area (Å²) in [4.78, 5) is 2.71. The first-order valence-corrected chi connectivity index (χ1v) is 7.04. The van der Waals surface area contributed by atoms with Crippen molar-refractivity contribution in [3.63, 3.8) is 0 Å². The molecule has 2 rings (SSSR count). The van der Waals surface area contributed by atoms with Crippen molar-refractivity contribution >= 4 is 0 Å². The Hall–Kier alpha value is -0.0800. The Balaban J connectivity index is 1.94. The van der Waals surface area contributed by atoms with Crippen LogP contribution in [0.5, 0.6) is 0 Å². The van der Waals surface area contributed by atoms with Crippen LogP contribution in [-0.4, -0.2) is 36.1 Å². The van der Waals surface area contributed by atoms with Gasteiger partial charge in [-0.15, -0.1) is 0 Å². The van der Waals surface area contributed by atoms with Crippen LogP contribution in [0.25, 0.3) is 0 Å². The molecule has 1 aliphatic heterocycles. The summed E-state index contributed by atoms with van der Waals surface area (Å²) in [6, 6.07) is 0.709. The fourth-order valence-corrected chi connectivity index (χ4v) is 2.91. The number of hydrogen-bond donors (Lipinski definition) is 1. The number of hydrogen-bond acceptors (Lipinski definition) is 2. The fraction of sp³-hybridized carbons (Fsp3) is 1.00. The molecule has 1 aliphatic carbocycles. The van der Waals surface area contributed by atoms with Crippen molar-refractivity contribution in [2.24, 2.45) is 11.8 Å². The van der Waals surface area contributed by atoms with E-state index in [-0.39, 0.29) is 0 Å². The molecule has 0 aromatic carbocycles. The van der Waals surface area contributed by atoms with Gasteiger partial charge < -0.3 is 5.32 Å². The van der Waals surface area contributed by atoms with Crippen LogP contribution in [-0.2, 0) is 0 Å². The van der Waals surface area contributed by atoms with E-state index in [0.29, 0.717) is 11.6 Å². The Morgan fingerprint density at radius 3 is 2.69 bits per heavy atom. The molecular weight excluding hydrogens is 196 g/mol. The van der Waals surface area contributed by atoms with Gasteiger partial charge in [-0.3, -0.25) is 4.90 Å². The van der Waals surface area contributed by atoms with Gasteiger partial charge in [-0.05, 0) is 38.5 Å². The SMILES string of the molecule is CCC(C)CN1CC(C)(C2CC2)NCC1C. The minimum absolute atomic E-state index is 0.403. The van der Waals surface area contributed by atoms with Crippen molar-refractivity contribution in [1.82, 2.24) is 10.2 Å². The van der Waals surface area contributed by atoms with Gasteiger partial charge in [0.1, 0.15) is 0 Å². The van der Waals surface area contributed by atoms with Crippen molar-refractivity contribution in [2.75, 3.05) is 19.6 Å².